The number of nitrogens with one attached hydrogen (secondary N) is 1. The largest absolute Gasteiger partial charge is 0.349 e. The van der Waals surface area contributed by atoms with E-state index >= 15 is 0 Å². The summed E-state index contributed by atoms with van der Waals surface area (Å²) < 4.78 is 0. The van der Waals surface area contributed by atoms with Gasteiger partial charge in [0.15, 0.2) is 0 Å². The summed E-state index contributed by atoms with van der Waals surface area (Å²) in [4.78, 5) is 12.0. The van der Waals surface area contributed by atoms with Crippen molar-refractivity contribution in [2.45, 2.75) is 52.0 Å². The van der Waals surface area contributed by atoms with Crippen LogP contribution in [0.3, 0.4) is 0 Å². The number of hydrogen-bond donors (Lipinski definition) is 1. The van der Waals surface area contributed by atoms with Gasteiger partial charge in [-0.3, -0.25) is 4.79 Å². The van der Waals surface area contributed by atoms with Crippen LogP contribution in [0.2, 0.25) is 0 Å². The molecular formula is C15H21NO. The Kier molecular flexibility index (Phi) is 2.98. The fourth-order valence-corrected chi connectivity index (χ4v) is 2.26. The zero-order valence-electron chi connectivity index (χ0n) is 11.1. The standard InChI is InChI=1S/C15H21NO/c1-5-12-8-10-6-7-11(15(2,3)4)9-13(10)14(17)16-12/h6-7,9,12H,5,8H2,1-4H3,(H,16,17). The molecule has 1 aliphatic heterocycles. The lowest BCUT2D eigenvalue weighted by atomic mass is 9.83. The summed E-state index contributed by atoms with van der Waals surface area (Å²) in [5, 5.41) is 3.06. The third kappa shape index (κ3) is 2.36. The van der Waals surface area contributed by atoms with Crippen molar-refractivity contribution in [1.82, 2.24) is 5.32 Å². The topological polar surface area (TPSA) is 29.1 Å². The minimum Gasteiger partial charge on any atom is -0.349 e. The summed E-state index contributed by atoms with van der Waals surface area (Å²) in [6.45, 7) is 8.62. The van der Waals surface area contributed by atoms with Crippen LogP contribution in [0.15, 0.2) is 18.2 Å². The Morgan fingerprint density at radius 2 is 2.06 bits per heavy atom. The van der Waals surface area contributed by atoms with Gasteiger partial charge >= 0.3 is 0 Å². The van der Waals surface area contributed by atoms with Crippen LogP contribution in [-0.4, -0.2) is 11.9 Å². The van der Waals surface area contributed by atoms with E-state index < -0.39 is 0 Å². The zero-order chi connectivity index (χ0) is 12.6. The molecule has 0 fully saturated rings. The van der Waals surface area contributed by atoms with Gasteiger partial charge in [-0.1, -0.05) is 39.8 Å². The molecule has 1 heterocycles. The quantitative estimate of drug-likeness (QED) is 0.790. The molecule has 1 aromatic carbocycles. The average molecular weight is 231 g/mol. The highest BCUT2D eigenvalue weighted by Gasteiger charge is 2.25. The van der Waals surface area contributed by atoms with Gasteiger partial charge in [0.1, 0.15) is 0 Å². The maximum atomic E-state index is 12.0. The highest BCUT2D eigenvalue weighted by Crippen LogP contribution is 2.27. The zero-order valence-corrected chi connectivity index (χ0v) is 11.1. The minimum atomic E-state index is 0.0872. The van der Waals surface area contributed by atoms with Crippen LogP contribution in [-0.2, 0) is 11.8 Å². The van der Waals surface area contributed by atoms with Crippen LogP contribution in [0.25, 0.3) is 0 Å². The van der Waals surface area contributed by atoms with Crippen LogP contribution in [0.1, 0.15) is 55.6 Å². The molecule has 0 saturated heterocycles. The van der Waals surface area contributed by atoms with Gasteiger partial charge in [-0.25, -0.2) is 0 Å². The first-order valence-corrected chi connectivity index (χ1v) is 6.36. The van der Waals surface area contributed by atoms with Gasteiger partial charge < -0.3 is 5.32 Å². The van der Waals surface area contributed by atoms with Crippen molar-refractivity contribution in [1.29, 1.82) is 0 Å². The molecule has 0 saturated carbocycles. The lowest BCUT2D eigenvalue weighted by Gasteiger charge is -2.27. The maximum absolute atomic E-state index is 12.0. The van der Waals surface area contributed by atoms with Crippen molar-refractivity contribution < 1.29 is 4.79 Å². The predicted octanol–water partition coefficient (Wildman–Crippen LogP) is 3.05. The Hall–Kier alpha value is -1.31. The predicted molar refractivity (Wildman–Crippen MR) is 70.4 cm³/mol. The lowest BCUT2D eigenvalue weighted by molar-refractivity contribution is 0.0924. The molecule has 1 aromatic rings. The van der Waals surface area contributed by atoms with Crippen LogP contribution < -0.4 is 5.32 Å². The Morgan fingerprint density at radius 1 is 1.35 bits per heavy atom. The van der Waals surface area contributed by atoms with E-state index in [0.717, 1.165) is 18.4 Å². The fourth-order valence-electron chi connectivity index (χ4n) is 2.26. The maximum Gasteiger partial charge on any atom is 0.251 e. The summed E-state index contributed by atoms with van der Waals surface area (Å²) in [5.41, 5.74) is 3.37. The third-order valence-electron chi connectivity index (χ3n) is 3.51. The summed E-state index contributed by atoms with van der Waals surface area (Å²) in [6.07, 6.45) is 1.95. The molecule has 1 unspecified atom stereocenters. The molecular weight excluding hydrogens is 210 g/mol. The summed E-state index contributed by atoms with van der Waals surface area (Å²) in [5.74, 6) is 0.0872. The van der Waals surface area contributed by atoms with E-state index in [9.17, 15) is 4.79 Å². The second-order valence-electron chi connectivity index (χ2n) is 5.90. The smallest absolute Gasteiger partial charge is 0.251 e. The SMILES string of the molecule is CCC1Cc2ccc(C(C)(C)C)cc2C(=O)N1. The normalized spacial score (nSPS) is 19.8. The van der Waals surface area contributed by atoms with Gasteiger partial charge in [-0.2, -0.15) is 0 Å². The first-order valence-electron chi connectivity index (χ1n) is 6.36. The molecule has 17 heavy (non-hydrogen) atoms. The summed E-state index contributed by atoms with van der Waals surface area (Å²) in [7, 11) is 0. The molecule has 2 nitrogen and oxygen atoms in total. The Balaban J connectivity index is 2.41. The summed E-state index contributed by atoms with van der Waals surface area (Å²) >= 11 is 0. The van der Waals surface area contributed by atoms with Gasteiger partial charge in [0, 0.05) is 11.6 Å². The molecule has 0 spiro atoms. The van der Waals surface area contributed by atoms with E-state index in [0.29, 0.717) is 6.04 Å². The molecule has 92 valence electrons. The van der Waals surface area contributed by atoms with Crippen molar-refractivity contribution in [3.8, 4) is 0 Å². The average Bonchev–Trinajstić information content (AvgIpc) is 2.27. The molecule has 1 aliphatic rings. The van der Waals surface area contributed by atoms with Gasteiger partial charge in [-0.05, 0) is 35.4 Å². The van der Waals surface area contributed by atoms with E-state index in [1.807, 2.05) is 0 Å². The first kappa shape index (κ1) is 12.2. The number of carbonyl (C=O) groups excluding carboxylic acids is 1. The number of benzene rings is 1. The van der Waals surface area contributed by atoms with E-state index in [4.69, 9.17) is 0 Å². The number of hydrogen-bond acceptors (Lipinski definition) is 1. The highest BCUT2D eigenvalue weighted by molar-refractivity contribution is 5.97. The van der Waals surface area contributed by atoms with Gasteiger partial charge in [-0.15, -0.1) is 0 Å². The highest BCUT2D eigenvalue weighted by atomic mass is 16.1. The molecule has 1 amide bonds. The molecule has 2 rings (SSSR count). The second kappa shape index (κ2) is 4.17. The van der Waals surface area contributed by atoms with Crippen LogP contribution in [0.4, 0.5) is 0 Å². The summed E-state index contributed by atoms with van der Waals surface area (Å²) in [6, 6.07) is 6.63. The molecule has 0 radical (unpaired) electrons. The van der Waals surface area contributed by atoms with E-state index in [-0.39, 0.29) is 11.3 Å². The fraction of sp³-hybridized carbons (Fsp3) is 0.533. The van der Waals surface area contributed by atoms with Gasteiger partial charge in [0.25, 0.3) is 5.91 Å². The van der Waals surface area contributed by atoms with Crippen molar-refractivity contribution >= 4 is 5.91 Å². The van der Waals surface area contributed by atoms with Crippen molar-refractivity contribution in [3.05, 3.63) is 34.9 Å². The van der Waals surface area contributed by atoms with Gasteiger partial charge in [0.05, 0.1) is 0 Å². The molecule has 1 N–H and O–H groups in total. The number of carbonyl (C=O) groups is 1. The van der Waals surface area contributed by atoms with Crippen molar-refractivity contribution in [2.75, 3.05) is 0 Å². The van der Waals surface area contributed by atoms with E-state index in [2.05, 4.69) is 51.2 Å². The van der Waals surface area contributed by atoms with Gasteiger partial charge in [0.2, 0.25) is 0 Å². The van der Waals surface area contributed by atoms with E-state index in [1.165, 1.54) is 11.1 Å². The molecule has 2 heteroatoms. The van der Waals surface area contributed by atoms with E-state index in [1.54, 1.807) is 0 Å². The number of fused-ring (bicyclic) bond motifs is 1. The monoisotopic (exact) mass is 231 g/mol. The Labute approximate surface area is 103 Å². The molecule has 1 atom stereocenters. The Bertz CT molecular complexity index is 443. The minimum absolute atomic E-state index is 0.0872. The molecule has 0 aliphatic carbocycles. The second-order valence-corrected chi connectivity index (χ2v) is 5.90. The van der Waals surface area contributed by atoms with Crippen molar-refractivity contribution in [2.24, 2.45) is 0 Å². The molecule has 0 aromatic heterocycles. The van der Waals surface area contributed by atoms with Crippen LogP contribution >= 0.6 is 0 Å². The lowest BCUT2D eigenvalue weighted by Crippen LogP contribution is -2.41. The first-order chi connectivity index (χ1) is 7.91. The van der Waals surface area contributed by atoms with Crippen LogP contribution in [0.5, 0.6) is 0 Å². The van der Waals surface area contributed by atoms with Crippen LogP contribution in [0, 0.1) is 0 Å². The Morgan fingerprint density at radius 3 is 2.65 bits per heavy atom. The third-order valence-corrected chi connectivity index (χ3v) is 3.51. The van der Waals surface area contributed by atoms with Crippen molar-refractivity contribution in [3.63, 3.8) is 0 Å². The number of amides is 1. The molecule has 0 bridgehead atoms. The number of rotatable bonds is 1.